The van der Waals surface area contributed by atoms with E-state index in [9.17, 15) is 9.59 Å². The van der Waals surface area contributed by atoms with Crippen molar-refractivity contribution in [2.24, 2.45) is 5.73 Å². The monoisotopic (exact) mass is 297 g/mol. The fraction of sp³-hybridized carbons (Fsp3) is 0.294. The summed E-state index contributed by atoms with van der Waals surface area (Å²) in [6.45, 7) is 1.22. The highest BCUT2D eigenvalue weighted by molar-refractivity contribution is 5.94. The lowest BCUT2D eigenvalue weighted by Gasteiger charge is -2.30. The van der Waals surface area contributed by atoms with Crippen LogP contribution in [0.3, 0.4) is 0 Å². The van der Waals surface area contributed by atoms with Crippen molar-refractivity contribution in [2.45, 2.75) is 18.9 Å². The number of piperidine rings is 1. The molecule has 1 fully saturated rings. The van der Waals surface area contributed by atoms with Crippen molar-refractivity contribution in [3.8, 4) is 11.3 Å². The van der Waals surface area contributed by atoms with Crippen molar-refractivity contribution >= 4 is 5.91 Å². The van der Waals surface area contributed by atoms with Crippen LogP contribution in [0.2, 0.25) is 0 Å². The number of nitrogens with one attached hydrogen (secondary N) is 1. The molecule has 0 spiro atoms. The summed E-state index contributed by atoms with van der Waals surface area (Å²) in [6.07, 6.45) is 1.57. The van der Waals surface area contributed by atoms with E-state index in [1.165, 1.54) is 0 Å². The molecule has 0 aliphatic carbocycles. The van der Waals surface area contributed by atoms with Crippen LogP contribution >= 0.6 is 0 Å². The summed E-state index contributed by atoms with van der Waals surface area (Å²) in [5, 5.41) is 0. The molecule has 2 aromatic rings. The van der Waals surface area contributed by atoms with Gasteiger partial charge in [0.05, 0.1) is 0 Å². The van der Waals surface area contributed by atoms with E-state index in [1.807, 2.05) is 30.3 Å². The number of hydrogen-bond donors (Lipinski definition) is 2. The highest BCUT2D eigenvalue weighted by Crippen LogP contribution is 2.16. The number of hydrogen-bond acceptors (Lipinski definition) is 3. The Bertz CT molecular complexity index is 716. The third-order valence-corrected chi connectivity index (χ3v) is 4.05. The summed E-state index contributed by atoms with van der Waals surface area (Å²) in [5.41, 5.74) is 7.32. The van der Waals surface area contributed by atoms with Gasteiger partial charge in [0.1, 0.15) is 5.56 Å². The molecule has 0 bridgehead atoms. The van der Waals surface area contributed by atoms with Crippen LogP contribution in [0, 0.1) is 0 Å². The second-order valence-electron chi connectivity index (χ2n) is 5.61. The fourth-order valence-corrected chi connectivity index (χ4v) is 2.70. The van der Waals surface area contributed by atoms with Crippen LogP contribution in [-0.2, 0) is 0 Å². The average Bonchev–Trinajstić information content (AvgIpc) is 2.56. The Kier molecular flexibility index (Phi) is 4.06. The number of pyridine rings is 1. The zero-order valence-corrected chi connectivity index (χ0v) is 12.3. The Morgan fingerprint density at radius 2 is 1.77 bits per heavy atom. The lowest BCUT2D eigenvalue weighted by atomic mass is 10.0. The average molecular weight is 297 g/mol. The molecule has 0 radical (unpaired) electrons. The quantitative estimate of drug-likeness (QED) is 0.883. The highest BCUT2D eigenvalue weighted by Gasteiger charge is 2.23. The predicted molar refractivity (Wildman–Crippen MR) is 85.6 cm³/mol. The second-order valence-corrected chi connectivity index (χ2v) is 5.61. The minimum Gasteiger partial charge on any atom is -0.338 e. The molecule has 1 aromatic heterocycles. The normalized spacial score (nSPS) is 15.8. The van der Waals surface area contributed by atoms with Crippen molar-refractivity contribution in [2.75, 3.05) is 13.1 Å². The molecule has 2 heterocycles. The van der Waals surface area contributed by atoms with Gasteiger partial charge >= 0.3 is 0 Å². The van der Waals surface area contributed by atoms with Gasteiger partial charge in [0.2, 0.25) is 0 Å². The molecule has 3 N–H and O–H groups in total. The first kappa shape index (κ1) is 14.5. The molecule has 0 unspecified atom stereocenters. The summed E-state index contributed by atoms with van der Waals surface area (Å²) < 4.78 is 0. The van der Waals surface area contributed by atoms with Crippen LogP contribution in [0.5, 0.6) is 0 Å². The van der Waals surface area contributed by atoms with E-state index in [1.54, 1.807) is 17.0 Å². The standard InChI is InChI=1S/C17H19N3O2/c18-13-8-10-20(11-9-13)17(22)14-6-7-15(19-16(14)21)12-4-2-1-3-5-12/h1-7,13H,8-11,18H2,(H,19,21). The van der Waals surface area contributed by atoms with Gasteiger partial charge in [0, 0.05) is 24.8 Å². The van der Waals surface area contributed by atoms with Crippen molar-refractivity contribution in [3.05, 3.63) is 58.4 Å². The zero-order valence-electron chi connectivity index (χ0n) is 12.3. The summed E-state index contributed by atoms with van der Waals surface area (Å²) >= 11 is 0. The number of aromatic amines is 1. The first-order chi connectivity index (χ1) is 10.6. The highest BCUT2D eigenvalue weighted by atomic mass is 16.2. The molecule has 5 nitrogen and oxygen atoms in total. The molecule has 5 heteroatoms. The number of likely N-dealkylation sites (tertiary alicyclic amines) is 1. The van der Waals surface area contributed by atoms with Gasteiger partial charge in [-0.15, -0.1) is 0 Å². The number of benzene rings is 1. The Labute approximate surface area is 128 Å². The first-order valence-electron chi connectivity index (χ1n) is 7.49. The number of aromatic nitrogens is 1. The molecule has 0 atom stereocenters. The van der Waals surface area contributed by atoms with E-state index in [0.717, 1.165) is 18.4 Å². The molecular weight excluding hydrogens is 278 g/mol. The largest absolute Gasteiger partial charge is 0.338 e. The maximum absolute atomic E-state index is 12.4. The number of rotatable bonds is 2. The van der Waals surface area contributed by atoms with E-state index in [2.05, 4.69) is 4.98 Å². The lowest BCUT2D eigenvalue weighted by molar-refractivity contribution is 0.0713. The van der Waals surface area contributed by atoms with Gasteiger partial charge in [-0.05, 0) is 30.5 Å². The van der Waals surface area contributed by atoms with Crippen LogP contribution in [0.25, 0.3) is 11.3 Å². The number of nitrogens with two attached hydrogens (primary N) is 1. The topological polar surface area (TPSA) is 79.2 Å². The van der Waals surface area contributed by atoms with Gasteiger partial charge in [-0.1, -0.05) is 30.3 Å². The Morgan fingerprint density at radius 3 is 2.41 bits per heavy atom. The summed E-state index contributed by atoms with van der Waals surface area (Å²) in [7, 11) is 0. The maximum atomic E-state index is 12.4. The summed E-state index contributed by atoms with van der Waals surface area (Å²) in [4.78, 5) is 29.2. The molecule has 1 aromatic carbocycles. The lowest BCUT2D eigenvalue weighted by Crippen LogP contribution is -2.44. The third-order valence-electron chi connectivity index (χ3n) is 4.05. The molecule has 1 aliphatic heterocycles. The van der Waals surface area contributed by atoms with Gasteiger partial charge in [0.25, 0.3) is 11.5 Å². The van der Waals surface area contributed by atoms with Gasteiger partial charge in [-0.3, -0.25) is 9.59 Å². The number of nitrogens with zero attached hydrogens (tertiary/aromatic N) is 1. The van der Waals surface area contributed by atoms with Gasteiger partial charge in [-0.25, -0.2) is 0 Å². The minimum absolute atomic E-state index is 0.155. The molecule has 1 aliphatic rings. The van der Waals surface area contributed by atoms with Crippen LogP contribution in [0.4, 0.5) is 0 Å². The first-order valence-corrected chi connectivity index (χ1v) is 7.49. The number of carbonyl (C=O) groups is 1. The number of amides is 1. The Morgan fingerprint density at radius 1 is 1.09 bits per heavy atom. The Balaban J connectivity index is 1.84. The van der Waals surface area contributed by atoms with Crippen molar-refractivity contribution in [1.29, 1.82) is 0 Å². The molecule has 1 amide bonds. The zero-order chi connectivity index (χ0) is 15.5. The van der Waals surface area contributed by atoms with E-state index in [0.29, 0.717) is 18.8 Å². The van der Waals surface area contributed by atoms with E-state index < -0.39 is 0 Å². The molecule has 22 heavy (non-hydrogen) atoms. The van der Waals surface area contributed by atoms with Crippen molar-refractivity contribution in [1.82, 2.24) is 9.88 Å². The van der Waals surface area contributed by atoms with Crippen LogP contribution in [-0.4, -0.2) is 34.9 Å². The fourth-order valence-electron chi connectivity index (χ4n) is 2.70. The second kappa shape index (κ2) is 6.15. The number of H-pyrrole nitrogens is 1. The summed E-state index contributed by atoms with van der Waals surface area (Å²) in [5.74, 6) is -0.215. The van der Waals surface area contributed by atoms with Gasteiger partial charge < -0.3 is 15.6 Å². The Hall–Kier alpha value is -2.40. The van der Waals surface area contributed by atoms with Crippen LogP contribution < -0.4 is 11.3 Å². The third kappa shape index (κ3) is 2.94. The van der Waals surface area contributed by atoms with Crippen molar-refractivity contribution in [3.63, 3.8) is 0 Å². The summed E-state index contributed by atoms with van der Waals surface area (Å²) in [6, 6.07) is 13.1. The minimum atomic E-state index is -0.346. The molecule has 0 saturated carbocycles. The molecule has 3 rings (SSSR count). The van der Waals surface area contributed by atoms with Crippen LogP contribution in [0.1, 0.15) is 23.2 Å². The van der Waals surface area contributed by atoms with E-state index in [4.69, 9.17) is 5.73 Å². The molecule has 1 saturated heterocycles. The van der Waals surface area contributed by atoms with Crippen molar-refractivity contribution < 1.29 is 4.79 Å². The van der Waals surface area contributed by atoms with E-state index >= 15 is 0 Å². The predicted octanol–water partition coefficient (Wildman–Crippen LogP) is 1.61. The van der Waals surface area contributed by atoms with Crippen LogP contribution in [0.15, 0.2) is 47.3 Å². The van der Waals surface area contributed by atoms with Gasteiger partial charge in [-0.2, -0.15) is 0 Å². The van der Waals surface area contributed by atoms with E-state index in [-0.39, 0.29) is 23.1 Å². The molecule has 114 valence electrons. The van der Waals surface area contributed by atoms with Gasteiger partial charge in [0.15, 0.2) is 0 Å². The molecular formula is C17H19N3O2. The number of carbonyl (C=O) groups excluding carboxylic acids is 1. The SMILES string of the molecule is NC1CCN(C(=O)c2ccc(-c3ccccc3)[nH]c2=O)CC1. The maximum Gasteiger partial charge on any atom is 0.261 e. The smallest absolute Gasteiger partial charge is 0.261 e.